The molecule has 2 aromatic rings. The minimum absolute atomic E-state index is 0.197. The summed E-state index contributed by atoms with van der Waals surface area (Å²) in [5, 5.41) is 8.95. The fourth-order valence-electron chi connectivity index (χ4n) is 1.41. The van der Waals surface area contributed by atoms with Gasteiger partial charge in [-0.2, -0.15) is 0 Å². The fourth-order valence-corrected chi connectivity index (χ4v) is 3.02. The summed E-state index contributed by atoms with van der Waals surface area (Å²) in [6.07, 6.45) is 0. The van der Waals surface area contributed by atoms with Crippen LogP contribution >= 0.6 is 27.7 Å². The first-order valence-corrected chi connectivity index (χ1v) is 6.63. The van der Waals surface area contributed by atoms with Gasteiger partial charge in [0.25, 0.3) is 0 Å². The van der Waals surface area contributed by atoms with E-state index in [9.17, 15) is 9.18 Å². The summed E-state index contributed by atoms with van der Waals surface area (Å²) >= 11 is 4.57. The van der Waals surface area contributed by atoms with Crippen LogP contribution in [0, 0.1) is 5.82 Å². The average molecular weight is 327 g/mol. The van der Waals surface area contributed by atoms with Crippen LogP contribution in [-0.4, -0.2) is 11.1 Å². The van der Waals surface area contributed by atoms with Crippen molar-refractivity contribution < 1.29 is 14.3 Å². The van der Waals surface area contributed by atoms with Gasteiger partial charge < -0.3 is 5.11 Å². The van der Waals surface area contributed by atoms with Crippen molar-refractivity contribution in [2.24, 2.45) is 0 Å². The smallest absolute Gasteiger partial charge is 0.335 e. The quantitative estimate of drug-likeness (QED) is 0.906. The van der Waals surface area contributed by atoms with Gasteiger partial charge >= 0.3 is 5.97 Å². The van der Waals surface area contributed by atoms with Gasteiger partial charge in [-0.25, -0.2) is 9.18 Å². The van der Waals surface area contributed by atoms with Crippen molar-refractivity contribution in [3.63, 3.8) is 0 Å². The zero-order chi connectivity index (χ0) is 13.1. The summed E-state index contributed by atoms with van der Waals surface area (Å²) in [4.78, 5) is 12.4. The molecule has 92 valence electrons. The van der Waals surface area contributed by atoms with Crippen molar-refractivity contribution in [3.05, 3.63) is 58.3 Å². The van der Waals surface area contributed by atoms with Gasteiger partial charge in [0.1, 0.15) is 5.82 Å². The van der Waals surface area contributed by atoms with Gasteiger partial charge in [-0.3, -0.25) is 0 Å². The van der Waals surface area contributed by atoms with E-state index in [1.807, 2.05) is 0 Å². The molecule has 2 rings (SSSR count). The lowest BCUT2D eigenvalue weighted by molar-refractivity contribution is 0.0696. The highest BCUT2D eigenvalue weighted by atomic mass is 79.9. The van der Waals surface area contributed by atoms with Crippen molar-refractivity contribution in [3.8, 4) is 0 Å². The number of benzene rings is 2. The average Bonchev–Trinajstić information content (AvgIpc) is 2.28. The molecule has 5 heteroatoms. The van der Waals surface area contributed by atoms with Crippen LogP contribution < -0.4 is 0 Å². The van der Waals surface area contributed by atoms with Crippen molar-refractivity contribution in [2.75, 3.05) is 0 Å². The number of rotatable bonds is 3. The molecule has 0 amide bonds. The Bertz CT molecular complexity index is 601. The topological polar surface area (TPSA) is 37.3 Å². The van der Waals surface area contributed by atoms with E-state index in [1.165, 1.54) is 30.0 Å². The summed E-state index contributed by atoms with van der Waals surface area (Å²) in [7, 11) is 0. The number of halogens is 2. The molecule has 0 saturated carbocycles. The Morgan fingerprint density at radius 1 is 1.17 bits per heavy atom. The SMILES string of the molecule is O=C(O)c1cc(Br)cc(Sc2cccc(F)c2)c1. The second kappa shape index (κ2) is 5.54. The second-order valence-corrected chi connectivity index (χ2v) is 5.60. The first-order valence-electron chi connectivity index (χ1n) is 5.02. The number of carboxylic acid groups (broad SMARTS) is 1. The second-order valence-electron chi connectivity index (χ2n) is 3.54. The summed E-state index contributed by atoms with van der Waals surface area (Å²) in [5.74, 6) is -1.30. The molecule has 0 aliphatic rings. The fraction of sp³-hybridized carbons (Fsp3) is 0. The summed E-state index contributed by atoms with van der Waals surface area (Å²) < 4.78 is 13.7. The van der Waals surface area contributed by atoms with Crippen molar-refractivity contribution in [2.45, 2.75) is 9.79 Å². The van der Waals surface area contributed by atoms with E-state index < -0.39 is 5.97 Å². The van der Waals surface area contributed by atoms with E-state index in [-0.39, 0.29) is 11.4 Å². The Balaban J connectivity index is 2.31. The van der Waals surface area contributed by atoms with Gasteiger partial charge in [-0.05, 0) is 36.4 Å². The summed E-state index contributed by atoms with van der Waals surface area (Å²) in [5.41, 5.74) is 0.197. The molecule has 0 radical (unpaired) electrons. The Morgan fingerprint density at radius 3 is 2.61 bits per heavy atom. The predicted molar refractivity (Wildman–Crippen MR) is 71.6 cm³/mol. The van der Waals surface area contributed by atoms with Crippen LogP contribution in [0.5, 0.6) is 0 Å². The molecule has 0 spiro atoms. The monoisotopic (exact) mass is 326 g/mol. The van der Waals surface area contributed by atoms with Crippen molar-refractivity contribution in [1.29, 1.82) is 0 Å². The summed E-state index contributed by atoms with van der Waals surface area (Å²) in [6, 6.07) is 11.0. The Kier molecular flexibility index (Phi) is 4.04. The maximum absolute atomic E-state index is 13.0. The molecule has 0 bridgehead atoms. The van der Waals surface area contributed by atoms with Gasteiger partial charge in [0.15, 0.2) is 0 Å². The molecule has 0 heterocycles. The predicted octanol–water partition coefficient (Wildman–Crippen LogP) is 4.44. The maximum Gasteiger partial charge on any atom is 0.335 e. The van der Waals surface area contributed by atoms with Crippen molar-refractivity contribution >= 4 is 33.7 Å². The highest BCUT2D eigenvalue weighted by molar-refractivity contribution is 9.10. The minimum Gasteiger partial charge on any atom is -0.478 e. The van der Waals surface area contributed by atoms with Crippen LogP contribution in [0.1, 0.15) is 10.4 Å². The molecule has 2 aromatic carbocycles. The van der Waals surface area contributed by atoms with Gasteiger partial charge in [0.2, 0.25) is 0 Å². The van der Waals surface area contributed by atoms with E-state index in [2.05, 4.69) is 15.9 Å². The molecule has 0 atom stereocenters. The minimum atomic E-state index is -0.989. The molecule has 0 fully saturated rings. The normalized spacial score (nSPS) is 10.3. The Labute approximate surface area is 116 Å². The molecule has 2 nitrogen and oxygen atoms in total. The van der Waals surface area contributed by atoms with E-state index in [1.54, 1.807) is 24.3 Å². The van der Waals surface area contributed by atoms with Crippen LogP contribution in [0.3, 0.4) is 0 Å². The van der Waals surface area contributed by atoms with Crippen LogP contribution in [0.2, 0.25) is 0 Å². The Morgan fingerprint density at radius 2 is 1.94 bits per heavy atom. The highest BCUT2D eigenvalue weighted by Crippen LogP contribution is 2.31. The lowest BCUT2D eigenvalue weighted by Crippen LogP contribution is -1.96. The third-order valence-electron chi connectivity index (χ3n) is 2.15. The van der Waals surface area contributed by atoms with E-state index >= 15 is 0 Å². The third-order valence-corrected chi connectivity index (χ3v) is 3.57. The van der Waals surface area contributed by atoms with Crippen LogP contribution in [0.25, 0.3) is 0 Å². The third kappa shape index (κ3) is 3.34. The van der Waals surface area contributed by atoms with Crippen LogP contribution in [0.15, 0.2) is 56.7 Å². The van der Waals surface area contributed by atoms with Gasteiger partial charge in [-0.1, -0.05) is 33.8 Å². The molecular weight excluding hydrogens is 319 g/mol. The molecule has 0 saturated heterocycles. The van der Waals surface area contributed by atoms with Gasteiger partial charge in [0, 0.05) is 14.3 Å². The summed E-state index contributed by atoms with van der Waals surface area (Å²) in [6.45, 7) is 0. The lowest BCUT2D eigenvalue weighted by atomic mass is 10.2. The van der Waals surface area contributed by atoms with Crippen LogP contribution in [-0.2, 0) is 0 Å². The number of carbonyl (C=O) groups is 1. The standard InChI is InChI=1S/C13H8BrFO2S/c14-9-4-8(13(16)17)5-12(6-9)18-11-3-1-2-10(15)7-11/h1-7H,(H,16,17). The number of carboxylic acids is 1. The molecule has 0 aliphatic carbocycles. The van der Waals surface area contributed by atoms with Crippen LogP contribution in [0.4, 0.5) is 4.39 Å². The Hall–Kier alpha value is -1.33. The molecule has 1 N–H and O–H groups in total. The zero-order valence-electron chi connectivity index (χ0n) is 9.06. The maximum atomic E-state index is 13.0. The molecule has 18 heavy (non-hydrogen) atoms. The highest BCUT2D eigenvalue weighted by Gasteiger charge is 2.07. The number of aromatic carboxylic acids is 1. The largest absolute Gasteiger partial charge is 0.478 e. The zero-order valence-corrected chi connectivity index (χ0v) is 11.5. The van der Waals surface area contributed by atoms with Gasteiger partial charge in [-0.15, -0.1) is 0 Å². The lowest BCUT2D eigenvalue weighted by Gasteiger charge is -2.04. The molecule has 0 unspecified atom stereocenters. The first-order chi connectivity index (χ1) is 8.54. The molecular formula is C13H8BrFO2S. The van der Waals surface area contributed by atoms with E-state index in [0.717, 1.165) is 9.79 Å². The number of hydrogen-bond donors (Lipinski definition) is 1. The van der Waals surface area contributed by atoms with E-state index in [4.69, 9.17) is 5.11 Å². The molecule has 0 aliphatic heterocycles. The molecule has 0 aromatic heterocycles. The van der Waals surface area contributed by atoms with Gasteiger partial charge in [0.05, 0.1) is 5.56 Å². The van der Waals surface area contributed by atoms with Crippen molar-refractivity contribution in [1.82, 2.24) is 0 Å². The van der Waals surface area contributed by atoms with E-state index in [0.29, 0.717) is 4.47 Å². The first kappa shape index (κ1) is 13.1. The number of hydrogen-bond acceptors (Lipinski definition) is 2.